The number of aliphatic hydroxyl groups excluding tert-OH is 1. The van der Waals surface area contributed by atoms with E-state index in [9.17, 15) is 10.4 Å². The van der Waals surface area contributed by atoms with Gasteiger partial charge in [-0.15, -0.1) is 0 Å². The molecule has 2 aromatic rings. The summed E-state index contributed by atoms with van der Waals surface area (Å²) in [6.45, 7) is 0.773. The minimum atomic E-state index is -0.444. The molecule has 2 saturated heterocycles. The van der Waals surface area contributed by atoms with Crippen molar-refractivity contribution in [3.05, 3.63) is 71.8 Å². The maximum atomic E-state index is 11.0. The molecule has 2 aromatic carbocycles. The number of piperidine rings is 1. The molecule has 2 aliphatic heterocycles. The Labute approximate surface area is 143 Å². The van der Waals surface area contributed by atoms with Crippen LogP contribution in [0.25, 0.3) is 0 Å². The van der Waals surface area contributed by atoms with Crippen molar-refractivity contribution in [3.8, 4) is 6.07 Å². The van der Waals surface area contributed by atoms with Crippen LogP contribution in [0.2, 0.25) is 0 Å². The maximum absolute atomic E-state index is 11.0. The van der Waals surface area contributed by atoms with E-state index in [-0.39, 0.29) is 12.0 Å². The lowest BCUT2D eigenvalue weighted by molar-refractivity contribution is -0.0671. The van der Waals surface area contributed by atoms with Crippen molar-refractivity contribution in [2.45, 2.75) is 43.5 Å². The van der Waals surface area contributed by atoms with Crippen LogP contribution >= 0.6 is 0 Å². The lowest BCUT2D eigenvalue weighted by Gasteiger charge is -2.48. The van der Waals surface area contributed by atoms with Gasteiger partial charge in [0.25, 0.3) is 0 Å². The highest BCUT2D eigenvalue weighted by Crippen LogP contribution is 2.53. The van der Waals surface area contributed by atoms with Crippen molar-refractivity contribution in [1.82, 2.24) is 4.90 Å². The summed E-state index contributed by atoms with van der Waals surface area (Å²) in [5.41, 5.74) is 1.92. The highest BCUT2D eigenvalue weighted by atomic mass is 16.3. The topological polar surface area (TPSA) is 47.3 Å². The van der Waals surface area contributed by atoms with E-state index in [1.807, 2.05) is 24.3 Å². The number of fused-ring (bicyclic) bond motifs is 2. The van der Waals surface area contributed by atoms with Crippen molar-refractivity contribution < 1.29 is 5.11 Å². The smallest absolute Gasteiger partial charge is 0.0767 e. The first-order valence-corrected chi connectivity index (χ1v) is 8.69. The third kappa shape index (κ3) is 2.26. The molecule has 3 heteroatoms. The van der Waals surface area contributed by atoms with E-state index in [1.165, 1.54) is 5.56 Å². The summed E-state index contributed by atoms with van der Waals surface area (Å²) >= 11 is 0. The van der Waals surface area contributed by atoms with E-state index in [0.717, 1.165) is 24.9 Å². The standard InChI is InChI=1S/C21H22N2O/c22-14-17-13-21(18-9-5-2-6-10-18)20(24)12-11-19(17)23(21)15-16-7-3-1-4-8-16/h1-10,17,19-20,24H,11-13,15H2. The molecular weight excluding hydrogens is 296 g/mol. The van der Waals surface area contributed by atoms with Crippen LogP contribution in [0.1, 0.15) is 30.4 Å². The molecule has 24 heavy (non-hydrogen) atoms. The Morgan fingerprint density at radius 1 is 1.04 bits per heavy atom. The minimum Gasteiger partial charge on any atom is -0.391 e. The normalized spacial score (nSPS) is 32.4. The highest BCUT2D eigenvalue weighted by molar-refractivity contribution is 5.33. The summed E-state index contributed by atoms with van der Waals surface area (Å²) in [6.07, 6.45) is 1.94. The van der Waals surface area contributed by atoms with Gasteiger partial charge in [-0.05, 0) is 30.4 Å². The van der Waals surface area contributed by atoms with Crippen LogP contribution in [0, 0.1) is 17.2 Å². The molecule has 122 valence electrons. The molecule has 2 heterocycles. The predicted octanol–water partition coefficient (Wildman–Crippen LogP) is 3.45. The second kappa shape index (κ2) is 6.05. The molecule has 2 bridgehead atoms. The molecule has 2 aliphatic rings. The van der Waals surface area contributed by atoms with Crippen molar-refractivity contribution in [2.24, 2.45) is 5.92 Å². The molecule has 0 aromatic heterocycles. The molecule has 0 radical (unpaired) electrons. The van der Waals surface area contributed by atoms with Gasteiger partial charge in [0.05, 0.1) is 23.6 Å². The van der Waals surface area contributed by atoms with E-state index in [0.29, 0.717) is 6.42 Å². The van der Waals surface area contributed by atoms with Gasteiger partial charge in [-0.2, -0.15) is 5.26 Å². The Morgan fingerprint density at radius 2 is 1.71 bits per heavy atom. The second-order valence-electron chi connectivity index (χ2n) is 7.00. The Morgan fingerprint density at radius 3 is 2.38 bits per heavy atom. The van der Waals surface area contributed by atoms with E-state index in [4.69, 9.17) is 0 Å². The third-order valence-corrected chi connectivity index (χ3v) is 5.83. The van der Waals surface area contributed by atoms with Crippen LogP contribution in [0.15, 0.2) is 60.7 Å². The van der Waals surface area contributed by atoms with Gasteiger partial charge in [0, 0.05) is 12.6 Å². The molecule has 1 N–H and O–H groups in total. The first kappa shape index (κ1) is 15.4. The largest absolute Gasteiger partial charge is 0.391 e. The van der Waals surface area contributed by atoms with Crippen LogP contribution in [0.5, 0.6) is 0 Å². The lowest BCUT2D eigenvalue weighted by atomic mass is 9.78. The predicted molar refractivity (Wildman–Crippen MR) is 92.9 cm³/mol. The summed E-state index contributed by atoms with van der Waals surface area (Å²) < 4.78 is 0. The molecule has 2 fully saturated rings. The van der Waals surface area contributed by atoms with Crippen LogP contribution in [-0.2, 0) is 12.1 Å². The van der Waals surface area contributed by atoms with Crippen LogP contribution in [-0.4, -0.2) is 22.2 Å². The fourth-order valence-corrected chi connectivity index (χ4v) is 4.73. The fourth-order valence-electron chi connectivity index (χ4n) is 4.73. The number of hydrogen-bond acceptors (Lipinski definition) is 3. The molecule has 0 aliphatic carbocycles. The molecule has 0 spiro atoms. The van der Waals surface area contributed by atoms with E-state index in [1.54, 1.807) is 0 Å². The quantitative estimate of drug-likeness (QED) is 0.943. The van der Waals surface area contributed by atoms with Crippen LogP contribution < -0.4 is 0 Å². The SMILES string of the molecule is N#CC1CC2(c3ccccc3)C(O)CCC1N2Cc1ccccc1. The summed E-state index contributed by atoms with van der Waals surface area (Å²) in [7, 11) is 0. The van der Waals surface area contributed by atoms with Crippen molar-refractivity contribution in [2.75, 3.05) is 0 Å². The molecule has 0 saturated carbocycles. The zero-order chi connectivity index (χ0) is 16.6. The van der Waals surface area contributed by atoms with Gasteiger partial charge in [-0.25, -0.2) is 0 Å². The van der Waals surface area contributed by atoms with Crippen LogP contribution in [0.4, 0.5) is 0 Å². The highest BCUT2D eigenvalue weighted by Gasteiger charge is 2.58. The van der Waals surface area contributed by atoms with Crippen LogP contribution in [0.3, 0.4) is 0 Å². The molecule has 4 rings (SSSR count). The lowest BCUT2D eigenvalue weighted by Crippen LogP contribution is -2.55. The number of hydrogen-bond donors (Lipinski definition) is 1. The van der Waals surface area contributed by atoms with Gasteiger partial charge in [0.2, 0.25) is 0 Å². The summed E-state index contributed by atoms with van der Waals surface area (Å²) in [4.78, 5) is 2.40. The number of nitriles is 1. The van der Waals surface area contributed by atoms with Gasteiger partial charge in [-0.3, -0.25) is 4.90 Å². The maximum Gasteiger partial charge on any atom is 0.0767 e. The Kier molecular flexibility index (Phi) is 3.88. The van der Waals surface area contributed by atoms with E-state index >= 15 is 0 Å². The second-order valence-corrected chi connectivity index (χ2v) is 7.00. The minimum absolute atomic E-state index is 0.0222. The first-order valence-electron chi connectivity index (χ1n) is 8.69. The van der Waals surface area contributed by atoms with Gasteiger partial charge in [0.1, 0.15) is 0 Å². The van der Waals surface area contributed by atoms with Crippen molar-refractivity contribution >= 4 is 0 Å². The monoisotopic (exact) mass is 318 g/mol. The molecule has 3 nitrogen and oxygen atoms in total. The first-order chi connectivity index (χ1) is 11.8. The number of aliphatic hydroxyl groups is 1. The van der Waals surface area contributed by atoms with Crippen molar-refractivity contribution in [1.29, 1.82) is 5.26 Å². The Balaban J connectivity index is 1.81. The Bertz CT molecular complexity index is 739. The molecule has 0 amide bonds. The molecule has 4 atom stereocenters. The van der Waals surface area contributed by atoms with Gasteiger partial charge >= 0.3 is 0 Å². The average Bonchev–Trinajstić information content (AvgIpc) is 2.86. The van der Waals surface area contributed by atoms with E-state index in [2.05, 4.69) is 47.4 Å². The summed E-state index contributed by atoms with van der Waals surface area (Å²) in [5, 5.41) is 20.7. The summed E-state index contributed by atoms with van der Waals surface area (Å²) in [5.74, 6) is -0.0222. The average molecular weight is 318 g/mol. The van der Waals surface area contributed by atoms with Gasteiger partial charge in [-0.1, -0.05) is 60.7 Å². The number of benzene rings is 2. The van der Waals surface area contributed by atoms with Gasteiger partial charge < -0.3 is 5.11 Å². The van der Waals surface area contributed by atoms with E-state index < -0.39 is 11.6 Å². The zero-order valence-corrected chi connectivity index (χ0v) is 13.7. The summed E-state index contributed by atoms with van der Waals surface area (Å²) in [6, 6.07) is 23.4. The zero-order valence-electron chi connectivity index (χ0n) is 13.7. The van der Waals surface area contributed by atoms with Gasteiger partial charge in [0.15, 0.2) is 0 Å². The fraction of sp³-hybridized carbons (Fsp3) is 0.381. The van der Waals surface area contributed by atoms with Crippen molar-refractivity contribution in [3.63, 3.8) is 0 Å². The third-order valence-electron chi connectivity index (χ3n) is 5.83. The Hall–Kier alpha value is -2.15. The number of rotatable bonds is 3. The number of nitrogens with zero attached hydrogens (tertiary/aromatic N) is 2. The molecule has 4 unspecified atom stereocenters. The molecular formula is C21H22N2O.